The summed E-state index contributed by atoms with van der Waals surface area (Å²) in [5, 5.41) is -0.0578. The van der Waals surface area contributed by atoms with E-state index in [2.05, 4.69) is 4.98 Å². The molecule has 1 aromatic carbocycles. The van der Waals surface area contributed by atoms with Crippen molar-refractivity contribution in [1.82, 2.24) is 9.55 Å². The zero-order valence-electron chi connectivity index (χ0n) is 12.3. The maximum atomic E-state index is 13.3. The van der Waals surface area contributed by atoms with Crippen LogP contribution in [0.3, 0.4) is 0 Å². The SMILES string of the molecule is O=c1[nH]c2cc(F)c(F)cc2c(=O)n1CCOC1CCSCC1. The Morgan fingerprint density at radius 2 is 1.91 bits per heavy atom. The van der Waals surface area contributed by atoms with Gasteiger partial charge in [0.2, 0.25) is 0 Å². The summed E-state index contributed by atoms with van der Waals surface area (Å²) >= 11 is 1.88. The van der Waals surface area contributed by atoms with Crippen molar-refractivity contribution in [2.24, 2.45) is 0 Å². The van der Waals surface area contributed by atoms with Crippen molar-refractivity contribution in [3.05, 3.63) is 44.6 Å². The van der Waals surface area contributed by atoms with E-state index in [1.807, 2.05) is 11.8 Å². The van der Waals surface area contributed by atoms with Gasteiger partial charge in [0.15, 0.2) is 11.6 Å². The van der Waals surface area contributed by atoms with Gasteiger partial charge in [-0.05, 0) is 30.4 Å². The molecule has 1 N–H and O–H groups in total. The molecule has 23 heavy (non-hydrogen) atoms. The normalized spacial score (nSPS) is 16.1. The van der Waals surface area contributed by atoms with Crippen molar-refractivity contribution in [2.75, 3.05) is 18.1 Å². The zero-order chi connectivity index (χ0) is 16.4. The number of nitrogens with zero attached hydrogens (tertiary/aromatic N) is 1. The molecule has 1 aromatic heterocycles. The minimum absolute atomic E-state index is 0.0135. The minimum Gasteiger partial charge on any atom is -0.376 e. The van der Waals surface area contributed by atoms with Crippen molar-refractivity contribution < 1.29 is 13.5 Å². The highest BCUT2D eigenvalue weighted by atomic mass is 32.2. The lowest BCUT2D eigenvalue weighted by atomic mass is 10.2. The second-order valence-electron chi connectivity index (χ2n) is 5.38. The number of halogens is 2. The third-order valence-electron chi connectivity index (χ3n) is 3.86. The van der Waals surface area contributed by atoms with Gasteiger partial charge in [-0.25, -0.2) is 13.6 Å². The molecule has 0 spiro atoms. The topological polar surface area (TPSA) is 64.1 Å². The molecule has 124 valence electrons. The maximum Gasteiger partial charge on any atom is 0.328 e. The van der Waals surface area contributed by atoms with Crippen molar-refractivity contribution in [3.8, 4) is 0 Å². The van der Waals surface area contributed by atoms with Gasteiger partial charge in [0.1, 0.15) is 0 Å². The second kappa shape index (κ2) is 6.84. The quantitative estimate of drug-likeness (QED) is 0.921. The Bertz CT molecular complexity index is 828. The van der Waals surface area contributed by atoms with Crippen LogP contribution in [0.4, 0.5) is 8.78 Å². The summed E-state index contributed by atoms with van der Waals surface area (Å²) in [6.45, 7) is 0.306. The molecule has 2 aromatic rings. The predicted octanol–water partition coefficient (Wildman–Crippen LogP) is 1.88. The summed E-state index contributed by atoms with van der Waals surface area (Å²) in [7, 11) is 0. The van der Waals surface area contributed by atoms with Gasteiger partial charge in [0.25, 0.3) is 5.56 Å². The third kappa shape index (κ3) is 3.48. The molecule has 0 saturated carbocycles. The Labute approximate surface area is 134 Å². The molecular formula is C15H16F2N2O3S. The molecule has 2 heterocycles. The first kappa shape index (κ1) is 16.2. The van der Waals surface area contributed by atoms with Crippen LogP contribution in [0, 0.1) is 11.6 Å². The summed E-state index contributed by atoms with van der Waals surface area (Å²) in [4.78, 5) is 26.7. The fourth-order valence-corrected chi connectivity index (χ4v) is 3.67. The van der Waals surface area contributed by atoms with Crippen molar-refractivity contribution in [2.45, 2.75) is 25.5 Å². The van der Waals surface area contributed by atoms with E-state index in [0.29, 0.717) is 0 Å². The van der Waals surface area contributed by atoms with Gasteiger partial charge in [-0.2, -0.15) is 11.8 Å². The van der Waals surface area contributed by atoms with E-state index in [1.165, 1.54) is 0 Å². The number of H-pyrrole nitrogens is 1. The van der Waals surface area contributed by atoms with E-state index in [0.717, 1.165) is 41.0 Å². The molecule has 0 bridgehead atoms. The standard InChI is InChI=1S/C15H16F2N2O3S/c16-11-7-10-13(8-12(11)17)18-15(21)19(14(10)20)3-4-22-9-1-5-23-6-2-9/h7-9H,1-6H2,(H,18,21). The van der Waals surface area contributed by atoms with E-state index in [9.17, 15) is 18.4 Å². The minimum atomic E-state index is -1.12. The van der Waals surface area contributed by atoms with Crippen LogP contribution in [0.15, 0.2) is 21.7 Å². The van der Waals surface area contributed by atoms with Gasteiger partial charge in [-0.3, -0.25) is 9.36 Å². The van der Waals surface area contributed by atoms with Gasteiger partial charge >= 0.3 is 5.69 Å². The van der Waals surface area contributed by atoms with E-state index < -0.39 is 22.9 Å². The van der Waals surface area contributed by atoms with Crippen LogP contribution in [-0.4, -0.2) is 33.8 Å². The summed E-state index contributed by atoms with van der Waals surface area (Å²) in [5.74, 6) is -0.133. The lowest BCUT2D eigenvalue weighted by molar-refractivity contribution is 0.0421. The van der Waals surface area contributed by atoms with Gasteiger partial charge in [-0.15, -0.1) is 0 Å². The Balaban J connectivity index is 1.81. The van der Waals surface area contributed by atoms with E-state index in [1.54, 1.807) is 0 Å². The molecular weight excluding hydrogens is 326 g/mol. The molecule has 5 nitrogen and oxygen atoms in total. The third-order valence-corrected chi connectivity index (χ3v) is 4.91. The summed E-state index contributed by atoms with van der Waals surface area (Å²) in [6, 6.07) is 1.62. The Morgan fingerprint density at radius 1 is 1.22 bits per heavy atom. The molecule has 0 atom stereocenters. The number of hydrogen-bond donors (Lipinski definition) is 1. The largest absolute Gasteiger partial charge is 0.376 e. The van der Waals surface area contributed by atoms with Crippen LogP contribution < -0.4 is 11.2 Å². The highest BCUT2D eigenvalue weighted by Gasteiger charge is 2.15. The van der Waals surface area contributed by atoms with E-state index >= 15 is 0 Å². The van der Waals surface area contributed by atoms with Crippen LogP contribution in [0.2, 0.25) is 0 Å². The van der Waals surface area contributed by atoms with Crippen LogP contribution in [-0.2, 0) is 11.3 Å². The molecule has 0 amide bonds. The van der Waals surface area contributed by atoms with Crippen molar-refractivity contribution >= 4 is 22.7 Å². The zero-order valence-corrected chi connectivity index (χ0v) is 13.1. The summed E-state index contributed by atoms with van der Waals surface area (Å²) < 4.78 is 33.2. The first-order valence-electron chi connectivity index (χ1n) is 7.37. The average molecular weight is 342 g/mol. The van der Waals surface area contributed by atoms with Gasteiger partial charge in [0.05, 0.1) is 30.2 Å². The smallest absolute Gasteiger partial charge is 0.328 e. The fourth-order valence-electron chi connectivity index (χ4n) is 2.60. The Morgan fingerprint density at radius 3 is 2.65 bits per heavy atom. The van der Waals surface area contributed by atoms with Crippen LogP contribution in [0.5, 0.6) is 0 Å². The number of thioether (sulfide) groups is 1. The van der Waals surface area contributed by atoms with E-state index in [-0.39, 0.29) is 30.2 Å². The maximum absolute atomic E-state index is 13.3. The summed E-state index contributed by atoms with van der Waals surface area (Å²) in [5.41, 5.74) is -1.32. The number of aromatic nitrogens is 2. The molecule has 8 heteroatoms. The van der Waals surface area contributed by atoms with Crippen LogP contribution >= 0.6 is 11.8 Å². The number of ether oxygens (including phenoxy) is 1. The van der Waals surface area contributed by atoms with E-state index in [4.69, 9.17) is 4.74 Å². The lowest BCUT2D eigenvalue weighted by Gasteiger charge is -2.21. The fraction of sp³-hybridized carbons (Fsp3) is 0.467. The molecule has 0 aliphatic carbocycles. The molecule has 3 rings (SSSR count). The number of rotatable bonds is 4. The van der Waals surface area contributed by atoms with Gasteiger partial charge in [0, 0.05) is 6.07 Å². The molecule has 1 aliphatic rings. The lowest BCUT2D eigenvalue weighted by Crippen LogP contribution is -2.37. The molecule has 0 unspecified atom stereocenters. The number of fused-ring (bicyclic) bond motifs is 1. The molecule has 1 fully saturated rings. The number of benzene rings is 1. The van der Waals surface area contributed by atoms with Crippen molar-refractivity contribution in [1.29, 1.82) is 0 Å². The number of hydrogen-bond acceptors (Lipinski definition) is 4. The molecule has 1 aliphatic heterocycles. The Kier molecular flexibility index (Phi) is 4.82. The highest BCUT2D eigenvalue weighted by Crippen LogP contribution is 2.19. The first-order chi connectivity index (χ1) is 11.1. The summed E-state index contributed by atoms with van der Waals surface area (Å²) in [6.07, 6.45) is 2.06. The number of aromatic amines is 1. The van der Waals surface area contributed by atoms with Crippen LogP contribution in [0.1, 0.15) is 12.8 Å². The second-order valence-corrected chi connectivity index (χ2v) is 6.61. The first-order valence-corrected chi connectivity index (χ1v) is 8.53. The van der Waals surface area contributed by atoms with Crippen molar-refractivity contribution in [3.63, 3.8) is 0 Å². The highest BCUT2D eigenvalue weighted by molar-refractivity contribution is 7.99. The molecule has 0 radical (unpaired) electrons. The predicted molar refractivity (Wildman–Crippen MR) is 85.0 cm³/mol. The average Bonchev–Trinajstić information content (AvgIpc) is 2.54. The Hall–Kier alpha value is -1.67. The van der Waals surface area contributed by atoms with Gasteiger partial charge < -0.3 is 9.72 Å². The monoisotopic (exact) mass is 342 g/mol. The van der Waals surface area contributed by atoms with Crippen LogP contribution in [0.25, 0.3) is 10.9 Å². The molecule has 1 saturated heterocycles. The number of nitrogens with one attached hydrogen (secondary N) is 1. The van der Waals surface area contributed by atoms with Gasteiger partial charge in [-0.1, -0.05) is 0 Å².